The Morgan fingerprint density at radius 1 is 1.09 bits per heavy atom. The topological polar surface area (TPSA) is 109 Å². The molecule has 2 unspecified atom stereocenters. The quantitative estimate of drug-likeness (QED) is 0.229. The molecule has 234 valence electrons. The first kappa shape index (κ1) is 27.8. The van der Waals surface area contributed by atoms with E-state index in [-0.39, 0.29) is 23.6 Å². The molecule has 1 spiro atoms. The fourth-order valence-electron chi connectivity index (χ4n) is 8.17. The van der Waals surface area contributed by atoms with Gasteiger partial charge in [-0.25, -0.2) is 4.79 Å². The lowest BCUT2D eigenvalue weighted by Gasteiger charge is -2.42. The summed E-state index contributed by atoms with van der Waals surface area (Å²) in [6, 6.07) is 10.6. The van der Waals surface area contributed by atoms with E-state index < -0.39 is 5.60 Å². The second-order valence-corrected chi connectivity index (χ2v) is 14.4. The van der Waals surface area contributed by atoms with Gasteiger partial charge in [0.25, 0.3) is 0 Å². The summed E-state index contributed by atoms with van der Waals surface area (Å²) in [4.78, 5) is 32.7. The number of ether oxygens (including phenoxy) is 2. The number of amides is 1. The van der Waals surface area contributed by atoms with Crippen molar-refractivity contribution in [3.8, 4) is 28.4 Å². The molecule has 9 rings (SSSR count). The summed E-state index contributed by atoms with van der Waals surface area (Å²) in [6.45, 7) is 7.07. The Bertz CT molecular complexity index is 2090. The molecule has 3 aromatic heterocycles. The van der Waals surface area contributed by atoms with Gasteiger partial charge in [-0.05, 0) is 81.2 Å². The third kappa shape index (κ3) is 3.92. The van der Waals surface area contributed by atoms with Crippen LogP contribution in [-0.2, 0) is 10.2 Å². The van der Waals surface area contributed by atoms with Crippen LogP contribution in [0, 0.1) is 0 Å². The maximum absolute atomic E-state index is 13.2. The van der Waals surface area contributed by atoms with Gasteiger partial charge >= 0.3 is 12.1 Å². The SMILES string of the molecule is COc1nc(N2CC3CCC(C2)N3C(=O)OC(C)(C)C)c2c(n1)C1(CC1)c1c-2ccnc1-c1c2cn[nH]c2cc2cccc(Cl)c12. The average Bonchev–Trinajstić information content (AvgIpc) is 3.49. The summed E-state index contributed by atoms with van der Waals surface area (Å²) in [5, 5.41) is 11.2. The smallest absolute Gasteiger partial charge is 0.410 e. The number of halogens is 1. The number of nitrogens with one attached hydrogen (secondary N) is 1. The Kier molecular flexibility index (Phi) is 5.77. The Morgan fingerprint density at radius 2 is 1.87 bits per heavy atom. The van der Waals surface area contributed by atoms with Crippen LogP contribution in [0.15, 0.2) is 42.7 Å². The van der Waals surface area contributed by atoms with E-state index in [4.69, 9.17) is 36.0 Å². The van der Waals surface area contributed by atoms with E-state index in [1.54, 1.807) is 7.11 Å². The van der Waals surface area contributed by atoms with Gasteiger partial charge in [-0.15, -0.1) is 0 Å². The number of H-pyrrole nitrogens is 1. The van der Waals surface area contributed by atoms with Gasteiger partial charge in [0.2, 0.25) is 0 Å². The number of aromatic amines is 1. The van der Waals surface area contributed by atoms with Crippen LogP contribution in [0.25, 0.3) is 44.1 Å². The second-order valence-electron chi connectivity index (χ2n) is 14.0. The van der Waals surface area contributed by atoms with Crippen LogP contribution in [-0.4, -0.2) is 74.0 Å². The number of carbonyl (C=O) groups excluding carboxylic acids is 1. The van der Waals surface area contributed by atoms with Gasteiger partial charge in [0.15, 0.2) is 0 Å². The summed E-state index contributed by atoms with van der Waals surface area (Å²) in [5.41, 5.74) is 6.27. The molecule has 2 bridgehead atoms. The van der Waals surface area contributed by atoms with Crippen molar-refractivity contribution < 1.29 is 14.3 Å². The minimum Gasteiger partial charge on any atom is -0.467 e. The fraction of sp³-hybridized carbons (Fsp3) is 0.400. The number of carbonyl (C=O) groups is 1. The van der Waals surface area contributed by atoms with Crippen molar-refractivity contribution in [2.45, 2.75) is 69.6 Å². The average molecular weight is 636 g/mol. The van der Waals surface area contributed by atoms with Crippen LogP contribution < -0.4 is 9.64 Å². The summed E-state index contributed by atoms with van der Waals surface area (Å²) < 4.78 is 11.5. The summed E-state index contributed by atoms with van der Waals surface area (Å²) in [7, 11) is 1.62. The van der Waals surface area contributed by atoms with E-state index in [1.807, 2.05) is 50.2 Å². The number of rotatable bonds is 3. The first-order valence-electron chi connectivity index (χ1n) is 15.9. The van der Waals surface area contributed by atoms with Crippen molar-refractivity contribution in [3.63, 3.8) is 0 Å². The number of pyridine rings is 1. The summed E-state index contributed by atoms with van der Waals surface area (Å²) >= 11 is 6.93. The number of piperazine rings is 1. The molecule has 1 amide bonds. The van der Waals surface area contributed by atoms with Crippen molar-refractivity contribution >= 4 is 45.2 Å². The van der Waals surface area contributed by atoms with E-state index >= 15 is 0 Å². The van der Waals surface area contributed by atoms with Crippen molar-refractivity contribution in [2.75, 3.05) is 25.1 Å². The second kappa shape index (κ2) is 9.54. The maximum atomic E-state index is 13.2. The molecule has 2 atom stereocenters. The molecule has 1 N–H and O–H groups in total. The van der Waals surface area contributed by atoms with E-state index in [0.717, 1.165) is 81.3 Å². The number of hydrogen-bond acceptors (Lipinski definition) is 8. The Hall–Kier alpha value is -4.44. The van der Waals surface area contributed by atoms with Gasteiger partial charge in [-0.2, -0.15) is 15.1 Å². The molecule has 2 aliphatic carbocycles. The zero-order chi connectivity index (χ0) is 31.5. The Balaban J connectivity index is 1.21. The molecule has 10 nitrogen and oxygen atoms in total. The molecule has 4 aliphatic rings. The summed E-state index contributed by atoms with van der Waals surface area (Å²) in [5.74, 6) is 0.856. The number of methoxy groups -OCH3 is 1. The van der Waals surface area contributed by atoms with Crippen molar-refractivity contribution in [1.82, 2.24) is 30.0 Å². The molecule has 5 aromatic rings. The third-order valence-corrected chi connectivity index (χ3v) is 10.4. The highest BCUT2D eigenvalue weighted by Gasteiger charge is 2.57. The van der Waals surface area contributed by atoms with E-state index in [2.05, 4.69) is 33.3 Å². The normalized spacial score (nSPS) is 20.8. The van der Waals surface area contributed by atoms with E-state index in [0.29, 0.717) is 24.1 Å². The number of aromatic nitrogens is 5. The van der Waals surface area contributed by atoms with E-state index in [1.165, 1.54) is 5.56 Å². The lowest BCUT2D eigenvalue weighted by Crippen LogP contribution is -2.57. The van der Waals surface area contributed by atoms with Crippen LogP contribution in [0.3, 0.4) is 0 Å². The van der Waals surface area contributed by atoms with Gasteiger partial charge in [-0.1, -0.05) is 23.7 Å². The monoisotopic (exact) mass is 635 g/mol. The largest absolute Gasteiger partial charge is 0.467 e. The lowest BCUT2D eigenvalue weighted by molar-refractivity contribution is 0.0122. The first-order valence-corrected chi connectivity index (χ1v) is 16.3. The van der Waals surface area contributed by atoms with Gasteiger partial charge in [0.1, 0.15) is 11.4 Å². The van der Waals surface area contributed by atoms with E-state index in [9.17, 15) is 4.79 Å². The highest BCUT2D eigenvalue weighted by Crippen LogP contribution is 2.66. The van der Waals surface area contributed by atoms with Crippen molar-refractivity contribution in [2.24, 2.45) is 0 Å². The molecule has 2 aliphatic heterocycles. The third-order valence-electron chi connectivity index (χ3n) is 10.1. The highest BCUT2D eigenvalue weighted by atomic mass is 35.5. The van der Waals surface area contributed by atoms with Gasteiger partial charge < -0.3 is 14.4 Å². The molecule has 2 aromatic carbocycles. The number of benzene rings is 2. The molecule has 2 saturated heterocycles. The Labute approximate surface area is 271 Å². The lowest BCUT2D eigenvalue weighted by atomic mass is 9.89. The van der Waals surface area contributed by atoms with Crippen molar-refractivity contribution in [1.29, 1.82) is 0 Å². The molecule has 11 heteroatoms. The minimum atomic E-state index is -0.543. The molecule has 3 fully saturated rings. The number of hydrogen-bond donors (Lipinski definition) is 1. The van der Waals surface area contributed by atoms with Crippen LogP contribution in [0.5, 0.6) is 6.01 Å². The minimum absolute atomic E-state index is 0.0427. The number of fused-ring (bicyclic) bond motifs is 9. The molecule has 0 radical (unpaired) electrons. The van der Waals surface area contributed by atoms with Crippen LogP contribution in [0.4, 0.5) is 10.6 Å². The summed E-state index contributed by atoms with van der Waals surface area (Å²) in [6.07, 6.45) is 7.29. The maximum Gasteiger partial charge on any atom is 0.410 e. The predicted octanol–water partition coefficient (Wildman–Crippen LogP) is 6.88. The van der Waals surface area contributed by atoms with Gasteiger partial charge in [0.05, 0.1) is 42.3 Å². The van der Waals surface area contributed by atoms with Crippen LogP contribution in [0.1, 0.15) is 57.7 Å². The number of anilines is 1. The zero-order valence-electron chi connectivity index (χ0n) is 26.2. The zero-order valence-corrected chi connectivity index (χ0v) is 27.0. The highest BCUT2D eigenvalue weighted by molar-refractivity contribution is 6.37. The first-order chi connectivity index (χ1) is 22.2. The van der Waals surface area contributed by atoms with Crippen molar-refractivity contribution in [3.05, 3.63) is 59.0 Å². The van der Waals surface area contributed by atoms with Crippen LogP contribution >= 0.6 is 11.6 Å². The molecule has 46 heavy (non-hydrogen) atoms. The predicted molar refractivity (Wildman–Crippen MR) is 177 cm³/mol. The van der Waals surface area contributed by atoms with Gasteiger partial charge in [0, 0.05) is 51.6 Å². The molecular weight excluding hydrogens is 602 g/mol. The fourth-order valence-corrected chi connectivity index (χ4v) is 8.45. The Morgan fingerprint density at radius 3 is 2.59 bits per heavy atom. The number of nitrogens with zero attached hydrogens (tertiary/aromatic N) is 6. The molecular formula is C35H34ClN7O3. The van der Waals surface area contributed by atoms with Gasteiger partial charge in [-0.3, -0.25) is 15.0 Å². The standard InChI is InChI=1S/C35H34ClN7O3/c1-34(2,3)46-33(44)43-19-8-9-20(43)17-42(16-19)31-27-21-10-13-37-29(28(21)35(11-12-35)30(27)39-32(40-31)45-4)26-22-15-38-41-24(22)14-18-6-5-7-23(36)25(18)26/h5-7,10,13-15,19-20H,8-9,11-12,16-17H2,1-4H3,(H,38,41). The van der Waals surface area contributed by atoms with Crippen LogP contribution in [0.2, 0.25) is 5.02 Å². The molecule has 5 heterocycles. The molecule has 1 saturated carbocycles.